The summed E-state index contributed by atoms with van der Waals surface area (Å²) in [4.78, 5) is 12.5. The van der Waals surface area contributed by atoms with E-state index in [4.69, 9.17) is 4.98 Å². The monoisotopic (exact) mass is 225 g/mol. The van der Waals surface area contributed by atoms with Crippen LogP contribution in [-0.2, 0) is 0 Å². The maximum Gasteiger partial charge on any atom is 0.104 e. The van der Waals surface area contributed by atoms with Crippen LogP contribution in [0.5, 0.6) is 0 Å². The van der Waals surface area contributed by atoms with E-state index in [1.54, 1.807) is 0 Å². The van der Waals surface area contributed by atoms with Crippen LogP contribution in [0.1, 0.15) is 31.3 Å². The highest BCUT2D eigenvalue weighted by Crippen LogP contribution is 2.24. The maximum absolute atomic E-state index is 4.74. The van der Waals surface area contributed by atoms with E-state index in [1.165, 1.54) is 0 Å². The molecule has 0 aliphatic rings. The smallest absolute Gasteiger partial charge is 0.104 e. The van der Waals surface area contributed by atoms with E-state index >= 15 is 0 Å². The van der Waals surface area contributed by atoms with Crippen LogP contribution >= 0.6 is 0 Å². The minimum atomic E-state index is 0.443. The Labute approximate surface area is 99.9 Å². The Morgan fingerprint density at radius 2 is 1.82 bits per heavy atom. The Bertz CT molecular complexity index is 695. The minimum Gasteiger partial charge on any atom is -0.340 e. The summed E-state index contributed by atoms with van der Waals surface area (Å²) in [5.74, 6) is 1.38. The van der Waals surface area contributed by atoms with E-state index < -0.39 is 0 Å². The standard InChI is InChI=1S/C14H15N3/c1-8(2)11-6-4-10-5-7-12-14(13(10)17-11)16-9(3)15-12/h4-8H,1-3H3,(H,15,16). The molecule has 2 heterocycles. The van der Waals surface area contributed by atoms with E-state index in [0.29, 0.717) is 5.92 Å². The van der Waals surface area contributed by atoms with Gasteiger partial charge in [-0.2, -0.15) is 0 Å². The second-order valence-electron chi connectivity index (χ2n) is 4.74. The first kappa shape index (κ1) is 10.3. The highest BCUT2D eigenvalue weighted by molar-refractivity contribution is 6.01. The summed E-state index contributed by atoms with van der Waals surface area (Å²) in [6.07, 6.45) is 0. The van der Waals surface area contributed by atoms with Crippen LogP contribution in [0.2, 0.25) is 0 Å². The average molecular weight is 225 g/mol. The maximum atomic E-state index is 4.74. The van der Waals surface area contributed by atoms with E-state index in [9.17, 15) is 0 Å². The van der Waals surface area contributed by atoms with Gasteiger partial charge in [0.2, 0.25) is 0 Å². The lowest BCUT2D eigenvalue weighted by Crippen LogP contribution is -1.93. The molecule has 0 bridgehead atoms. The van der Waals surface area contributed by atoms with Crippen LogP contribution < -0.4 is 0 Å². The Hall–Kier alpha value is -1.90. The molecule has 1 N–H and O–H groups in total. The van der Waals surface area contributed by atoms with Crippen LogP contribution in [0.25, 0.3) is 21.9 Å². The van der Waals surface area contributed by atoms with E-state index in [2.05, 4.69) is 42.0 Å². The Balaban J connectivity index is 2.41. The van der Waals surface area contributed by atoms with Crippen molar-refractivity contribution >= 4 is 21.9 Å². The van der Waals surface area contributed by atoms with Gasteiger partial charge in [-0.3, -0.25) is 4.98 Å². The van der Waals surface area contributed by atoms with E-state index in [-0.39, 0.29) is 0 Å². The number of nitrogens with zero attached hydrogens (tertiary/aromatic N) is 2. The summed E-state index contributed by atoms with van der Waals surface area (Å²) in [5.41, 5.74) is 4.18. The predicted molar refractivity (Wildman–Crippen MR) is 70.2 cm³/mol. The summed E-state index contributed by atoms with van der Waals surface area (Å²) in [7, 11) is 0. The van der Waals surface area contributed by atoms with Crippen molar-refractivity contribution in [2.75, 3.05) is 0 Å². The largest absolute Gasteiger partial charge is 0.340 e. The summed E-state index contributed by atoms with van der Waals surface area (Å²) in [6.45, 7) is 6.29. The fourth-order valence-electron chi connectivity index (χ4n) is 2.12. The molecule has 0 saturated heterocycles. The van der Waals surface area contributed by atoms with Gasteiger partial charge in [0.25, 0.3) is 0 Å². The number of rotatable bonds is 1. The second-order valence-corrected chi connectivity index (χ2v) is 4.74. The summed E-state index contributed by atoms with van der Waals surface area (Å²) >= 11 is 0. The van der Waals surface area contributed by atoms with Gasteiger partial charge >= 0.3 is 0 Å². The molecule has 3 rings (SSSR count). The number of pyridine rings is 1. The number of aromatic nitrogens is 3. The molecule has 0 radical (unpaired) electrons. The lowest BCUT2D eigenvalue weighted by molar-refractivity contribution is 0.830. The lowest BCUT2D eigenvalue weighted by atomic mass is 10.1. The molecule has 0 atom stereocenters. The van der Waals surface area contributed by atoms with Crippen molar-refractivity contribution < 1.29 is 0 Å². The quantitative estimate of drug-likeness (QED) is 0.688. The summed E-state index contributed by atoms with van der Waals surface area (Å²) < 4.78 is 0. The number of aryl methyl sites for hydroxylation is 1. The fourth-order valence-corrected chi connectivity index (χ4v) is 2.12. The van der Waals surface area contributed by atoms with Gasteiger partial charge < -0.3 is 4.98 Å². The van der Waals surface area contributed by atoms with Crippen molar-refractivity contribution in [2.45, 2.75) is 26.7 Å². The molecule has 0 spiro atoms. The Morgan fingerprint density at radius 3 is 2.59 bits per heavy atom. The zero-order valence-corrected chi connectivity index (χ0v) is 10.3. The average Bonchev–Trinajstić information content (AvgIpc) is 2.69. The predicted octanol–water partition coefficient (Wildman–Crippen LogP) is 3.54. The topological polar surface area (TPSA) is 41.6 Å². The molecule has 0 aliphatic carbocycles. The van der Waals surface area contributed by atoms with Gasteiger partial charge in [0.15, 0.2) is 0 Å². The Kier molecular flexibility index (Phi) is 2.15. The molecule has 0 amide bonds. The van der Waals surface area contributed by atoms with Crippen LogP contribution in [0.3, 0.4) is 0 Å². The van der Waals surface area contributed by atoms with Gasteiger partial charge in [-0.1, -0.05) is 26.0 Å². The van der Waals surface area contributed by atoms with Crippen molar-refractivity contribution in [3.05, 3.63) is 35.8 Å². The van der Waals surface area contributed by atoms with Crippen LogP contribution in [-0.4, -0.2) is 15.0 Å². The molecule has 17 heavy (non-hydrogen) atoms. The van der Waals surface area contributed by atoms with Gasteiger partial charge in [-0.15, -0.1) is 0 Å². The normalized spacial score (nSPS) is 11.8. The number of aromatic amines is 1. The first-order valence-electron chi connectivity index (χ1n) is 5.91. The first-order chi connectivity index (χ1) is 8.15. The van der Waals surface area contributed by atoms with Crippen molar-refractivity contribution in [3.63, 3.8) is 0 Å². The molecule has 1 aromatic carbocycles. The number of fused-ring (bicyclic) bond motifs is 3. The molecule has 0 saturated carbocycles. The van der Waals surface area contributed by atoms with Gasteiger partial charge in [0, 0.05) is 11.1 Å². The Morgan fingerprint density at radius 1 is 1.06 bits per heavy atom. The molecule has 0 fully saturated rings. The minimum absolute atomic E-state index is 0.443. The van der Waals surface area contributed by atoms with Crippen molar-refractivity contribution in [1.82, 2.24) is 15.0 Å². The third kappa shape index (κ3) is 1.58. The molecule has 3 nitrogen and oxygen atoms in total. The molecule has 86 valence electrons. The van der Waals surface area contributed by atoms with Crippen LogP contribution in [0, 0.1) is 6.92 Å². The SMILES string of the molecule is Cc1nc2ccc3ccc(C(C)C)nc3c2[nH]1. The number of hydrogen-bond acceptors (Lipinski definition) is 2. The van der Waals surface area contributed by atoms with Crippen molar-refractivity contribution in [3.8, 4) is 0 Å². The number of nitrogens with one attached hydrogen (secondary N) is 1. The van der Waals surface area contributed by atoms with Gasteiger partial charge in [0.05, 0.1) is 16.6 Å². The van der Waals surface area contributed by atoms with Crippen LogP contribution in [0.4, 0.5) is 0 Å². The van der Waals surface area contributed by atoms with E-state index in [1.807, 2.05) is 13.0 Å². The number of imidazole rings is 1. The fraction of sp³-hybridized carbons (Fsp3) is 0.286. The zero-order chi connectivity index (χ0) is 12.0. The van der Waals surface area contributed by atoms with Gasteiger partial charge in [-0.05, 0) is 25.0 Å². The molecule has 0 unspecified atom stereocenters. The number of H-pyrrole nitrogens is 1. The highest BCUT2D eigenvalue weighted by atomic mass is 14.9. The van der Waals surface area contributed by atoms with Crippen molar-refractivity contribution in [2.24, 2.45) is 0 Å². The third-order valence-electron chi connectivity index (χ3n) is 3.05. The number of benzene rings is 1. The highest BCUT2D eigenvalue weighted by Gasteiger charge is 2.08. The molecular weight excluding hydrogens is 210 g/mol. The molecule has 3 heteroatoms. The lowest BCUT2D eigenvalue weighted by Gasteiger charge is -2.06. The summed E-state index contributed by atoms with van der Waals surface area (Å²) in [6, 6.07) is 8.35. The van der Waals surface area contributed by atoms with Crippen molar-refractivity contribution in [1.29, 1.82) is 0 Å². The van der Waals surface area contributed by atoms with Crippen LogP contribution in [0.15, 0.2) is 24.3 Å². The van der Waals surface area contributed by atoms with Gasteiger partial charge in [-0.25, -0.2) is 4.98 Å². The molecule has 3 aromatic rings. The first-order valence-corrected chi connectivity index (χ1v) is 5.91. The molecule has 2 aromatic heterocycles. The second kappa shape index (κ2) is 3.55. The zero-order valence-electron chi connectivity index (χ0n) is 10.3. The third-order valence-corrected chi connectivity index (χ3v) is 3.05. The summed E-state index contributed by atoms with van der Waals surface area (Å²) in [5, 5.41) is 1.16. The van der Waals surface area contributed by atoms with E-state index in [0.717, 1.165) is 33.5 Å². The number of hydrogen-bond donors (Lipinski definition) is 1. The van der Waals surface area contributed by atoms with Gasteiger partial charge in [0.1, 0.15) is 5.82 Å². The molecule has 0 aliphatic heterocycles. The molecular formula is C14H15N3.